The number of pyridine rings is 1. The molecule has 0 saturated carbocycles. The summed E-state index contributed by atoms with van der Waals surface area (Å²) < 4.78 is 0. The maximum atomic E-state index is 6.13. The van der Waals surface area contributed by atoms with Crippen molar-refractivity contribution in [3.63, 3.8) is 0 Å². The van der Waals surface area contributed by atoms with Gasteiger partial charge in [0.2, 0.25) is 0 Å². The highest BCUT2D eigenvalue weighted by atomic mass is 35.5. The minimum atomic E-state index is 0.604. The van der Waals surface area contributed by atoms with Gasteiger partial charge in [0.25, 0.3) is 0 Å². The van der Waals surface area contributed by atoms with Crippen LogP contribution in [-0.4, -0.2) is 41.0 Å². The molecule has 1 fully saturated rings. The van der Waals surface area contributed by atoms with E-state index in [4.69, 9.17) is 23.2 Å². The van der Waals surface area contributed by atoms with Gasteiger partial charge >= 0.3 is 0 Å². The number of fused-ring (bicyclic) bond motifs is 1. The largest absolute Gasteiger partial charge is 0.369 e. The molecule has 4 nitrogen and oxygen atoms in total. The van der Waals surface area contributed by atoms with E-state index in [0.29, 0.717) is 10.0 Å². The molecule has 1 aliphatic heterocycles. The highest BCUT2D eigenvalue weighted by molar-refractivity contribution is 6.42. The lowest BCUT2D eigenvalue weighted by molar-refractivity contribution is 0.250. The molecule has 0 radical (unpaired) electrons. The van der Waals surface area contributed by atoms with Crippen LogP contribution in [0.2, 0.25) is 10.0 Å². The standard InChI is InChI=1S/C18H18Cl2N4/c19-16-4-3-14(10-17(16)20)24-8-6-23(7-9-24)12-13-11-22-18-15(13)2-1-5-21-18/h1-5,10-11H,6-9,12H2,(H,21,22). The summed E-state index contributed by atoms with van der Waals surface area (Å²) in [5.41, 5.74) is 3.41. The number of benzene rings is 1. The van der Waals surface area contributed by atoms with Crippen molar-refractivity contribution in [3.8, 4) is 0 Å². The van der Waals surface area contributed by atoms with Crippen molar-refractivity contribution in [2.75, 3.05) is 31.1 Å². The molecular weight excluding hydrogens is 343 g/mol. The van der Waals surface area contributed by atoms with Crippen molar-refractivity contribution < 1.29 is 0 Å². The molecule has 1 N–H and O–H groups in total. The van der Waals surface area contributed by atoms with E-state index in [1.54, 1.807) is 0 Å². The maximum Gasteiger partial charge on any atom is 0.137 e. The summed E-state index contributed by atoms with van der Waals surface area (Å²) in [6, 6.07) is 9.96. The Morgan fingerprint density at radius 1 is 1.04 bits per heavy atom. The van der Waals surface area contributed by atoms with Gasteiger partial charge in [0.15, 0.2) is 0 Å². The van der Waals surface area contributed by atoms with Gasteiger partial charge in [-0.15, -0.1) is 0 Å². The molecule has 3 heterocycles. The fourth-order valence-electron chi connectivity index (χ4n) is 3.23. The summed E-state index contributed by atoms with van der Waals surface area (Å²) in [6.45, 7) is 4.96. The number of halogens is 2. The summed E-state index contributed by atoms with van der Waals surface area (Å²) in [4.78, 5) is 12.4. The summed E-state index contributed by atoms with van der Waals surface area (Å²) in [5, 5.41) is 2.43. The molecule has 0 bridgehead atoms. The van der Waals surface area contributed by atoms with Crippen molar-refractivity contribution in [3.05, 3.63) is 58.3 Å². The number of nitrogens with zero attached hydrogens (tertiary/aromatic N) is 3. The molecule has 3 aromatic rings. The Morgan fingerprint density at radius 3 is 2.67 bits per heavy atom. The van der Waals surface area contributed by atoms with E-state index in [1.165, 1.54) is 10.9 Å². The van der Waals surface area contributed by atoms with Crippen LogP contribution in [-0.2, 0) is 6.54 Å². The molecule has 1 aromatic carbocycles. The smallest absolute Gasteiger partial charge is 0.137 e. The van der Waals surface area contributed by atoms with Crippen LogP contribution in [0, 0.1) is 0 Å². The Morgan fingerprint density at radius 2 is 1.88 bits per heavy atom. The second kappa shape index (κ2) is 6.63. The van der Waals surface area contributed by atoms with E-state index in [1.807, 2.05) is 30.5 Å². The molecule has 6 heteroatoms. The highest BCUT2D eigenvalue weighted by Crippen LogP contribution is 2.28. The molecule has 4 rings (SSSR count). The Bertz CT molecular complexity index is 853. The van der Waals surface area contributed by atoms with Crippen molar-refractivity contribution in [1.82, 2.24) is 14.9 Å². The number of rotatable bonds is 3. The van der Waals surface area contributed by atoms with Crippen LogP contribution in [0.25, 0.3) is 11.0 Å². The minimum Gasteiger partial charge on any atom is -0.369 e. The van der Waals surface area contributed by atoms with Crippen LogP contribution in [0.15, 0.2) is 42.7 Å². The van der Waals surface area contributed by atoms with E-state index in [9.17, 15) is 0 Å². The van der Waals surface area contributed by atoms with Crippen molar-refractivity contribution in [1.29, 1.82) is 0 Å². The van der Waals surface area contributed by atoms with Gasteiger partial charge in [-0.25, -0.2) is 4.98 Å². The number of aromatic amines is 1. The molecule has 0 amide bonds. The summed E-state index contributed by atoms with van der Waals surface area (Å²) in [6.07, 6.45) is 3.89. The molecule has 0 unspecified atom stereocenters. The molecule has 2 aromatic heterocycles. The second-order valence-electron chi connectivity index (χ2n) is 6.08. The zero-order chi connectivity index (χ0) is 16.5. The summed E-state index contributed by atoms with van der Waals surface area (Å²) in [5.74, 6) is 0. The third-order valence-corrected chi connectivity index (χ3v) is 5.31. The lowest BCUT2D eigenvalue weighted by atomic mass is 10.2. The fourth-order valence-corrected chi connectivity index (χ4v) is 3.52. The maximum absolute atomic E-state index is 6.13. The quantitative estimate of drug-likeness (QED) is 0.760. The molecule has 124 valence electrons. The van der Waals surface area contributed by atoms with Crippen molar-refractivity contribution in [2.24, 2.45) is 0 Å². The van der Waals surface area contributed by atoms with Crippen LogP contribution in [0.5, 0.6) is 0 Å². The summed E-state index contributed by atoms with van der Waals surface area (Å²) >= 11 is 12.1. The average Bonchev–Trinajstić information content (AvgIpc) is 3.01. The normalized spacial score (nSPS) is 16.0. The Balaban J connectivity index is 1.42. The van der Waals surface area contributed by atoms with E-state index in [-0.39, 0.29) is 0 Å². The zero-order valence-electron chi connectivity index (χ0n) is 13.2. The van der Waals surface area contributed by atoms with Crippen molar-refractivity contribution in [2.45, 2.75) is 6.54 Å². The summed E-state index contributed by atoms with van der Waals surface area (Å²) in [7, 11) is 0. The predicted octanol–water partition coefficient (Wildman–Crippen LogP) is 4.19. The minimum absolute atomic E-state index is 0.604. The number of piperazine rings is 1. The fraction of sp³-hybridized carbons (Fsp3) is 0.278. The van der Waals surface area contributed by atoms with Crippen LogP contribution in [0.3, 0.4) is 0 Å². The number of nitrogens with one attached hydrogen (secondary N) is 1. The average molecular weight is 361 g/mol. The number of anilines is 1. The number of aromatic nitrogens is 2. The lowest BCUT2D eigenvalue weighted by Crippen LogP contribution is -2.45. The Kier molecular flexibility index (Phi) is 4.35. The first-order valence-corrected chi connectivity index (χ1v) is 8.79. The molecule has 1 saturated heterocycles. The zero-order valence-corrected chi connectivity index (χ0v) is 14.7. The Hall–Kier alpha value is -1.75. The number of hydrogen-bond donors (Lipinski definition) is 1. The van der Waals surface area contributed by atoms with Crippen LogP contribution in [0.4, 0.5) is 5.69 Å². The predicted molar refractivity (Wildman–Crippen MR) is 100 cm³/mol. The third kappa shape index (κ3) is 3.09. The van der Waals surface area contributed by atoms with Gasteiger partial charge in [-0.3, -0.25) is 4.90 Å². The molecule has 0 spiro atoms. The molecule has 24 heavy (non-hydrogen) atoms. The molecule has 0 aliphatic carbocycles. The van der Waals surface area contributed by atoms with Gasteiger partial charge < -0.3 is 9.88 Å². The lowest BCUT2D eigenvalue weighted by Gasteiger charge is -2.36. The van der Waals surface area contributed by atoms with Crippen LogP contribution >= 0.6 is 23.2 Å². The first kappa shape index (κ1) is 15.8. The van der Waals surface area contributed by atoms with Gasteiger partial charge in [0.1, 0.15) is 5.65 Å². The second-order valence-corrected chi connectivity index (χ2v) is 6.89. The van der Waals surface area contributed by atoms with E-state index in [2.05, 4.69) is 32.0 Å². The first-order valence-electron chi connectivity index (χ1n) is 8.04. The van der Waals surface area contributed by atoms with Crippen LogP contribution < -0.4 is 4.90 Å². The number of H-pyrrole nitrogens is 1. The van der Waals surface area contributed by atoms with Gasteiger partial charge in [-0.05, 0) is 35.9 Å². The Labute approximate surface area is 151 Å². The van der Waals surface area contributed by atoms with Gasteiger partial charge in [-0.1, -0.05) is 23.2 Å². The highest BCUT2D eigenvalue weighted by Gasteiger charge is 2.19. The van der Waals surface area contributed by atoms with Crippen molar-refractivity contribution >= 4 is 39.9 Å². The molecule has 1 aliphatic rings. The van der Waals surface area contributed by atoms with E-state index >= 15 is 0 Å². The monoisotopic (exact) mass is 360 g/mol. The topological polar surface area (TPSA) is 35.2 Å². The van der Waals surface area contributed by atoms with E-state index < -0.39 is 0 Å². The third-order valence-electron chi connectivity index (χ3n) is 4.57. The molecule has 0 atom stereocenters. The van der Waals surface area contributed by atoms with Gasteiger partial charge in [0.05, 0.1) is 10.0 Å². The van der Waals surface area contributed by atoms with Gasteiger partial charge in [-0.2, -0.15) is 0 Å². The van der Waals surface area contributed by atoms with Crippen LogP contribution in [0.1, 0.15) is 5.56 Å². The first-order chi connectivity index (χ1) is 11.7. The number of hydrogen-bond acceptors (Lipinski definition) is 3. The SMILES string of the molecule is Clc1ccc(N2CCN(Cc3c[nH]c4ncccc34)CC2)cc1Cl. The molecular formula is C18H18Cl2N4. The van der Waals surface area contributed by atoms with E-state index in [0.717, 1.165) is 44.1 Å². The van der Waals surface area contributed by atoms with Gasteiger partial charge in [0, 0.05) is 56.2 Å².